The third-order valence-electron chi connectivity index (χ3n) is 2.55. The van der Waals surface area contributed by atoms with Crippen molar-refractivity contribution in [3.8, 4) is 0 Å². The van der Waals surface area contributed by atoms with Gasteiger partial charge in [-0.15, -0.1) is 0 Å². The summed E-state index contributed by atoms with van der Waals surface area (Å²) in [4.78, 5) is 11.0. The van der Waals surface area contributed by atoms with Crippen LogP contribution >= 0.6 is 0 Å². The van der Waals surface area contributed by atoms with E-state index in [1.165, 1.54) is 6.07 Å². The van der Waals surface area contributed by atoms with Gasteiger partial charge in [-0.25, -0.2) is 4.79 Å². The lowest BCUT2D eigenvalue weighted by Gasteiger charge is -2.24. The second kappa shape index (κ2) is 4.27. The lowest BCUT2D eigenvalue weighted by Crippen LogP contribution is -2.35. The molecule has 92 valence electrons. The average molecular weight is 245 g/mol. The second-order valence-electron chi connectivity index (χ2n) is 3.74. The third kappa shape index (κ3) is 2.69. The fourth-order valence-electron chi connectivity index (χ4n) is 1.71. The molecule has 3 nitrogen and oxygen atoms in total. The Kier molecular flexibility index (Phi) is 2.95. The summed E-state index contributed by atoms with van der Waals surface area (Å²) in [6.45, 7) is 0.215. The number of ether oxygens (including phenoxy) is 1. The van der Waals surface area contributed by atoms with Crippen molar-refractivity contribution in [3.05, 3.63) is 35.4 Å². The SMILES string of the molecule is O=C1NC(c2cccc(C(F)(F)F)c2)CCO1. The minimum absolute atomic E-state index is 0.215. The summed E-state index contributed by atoms with van der Waals surface area (Å²) in [6, 6.07) is 4.53. The first kappa shape index (κ1) is 11.8. The van der Waals surface area contributed by atoms with E-state index in [0.717, 1.165) is 12.1 Å². The molecule has 1 fully saturated rings. The van der Waals surface area contributed by atoms with E-state index in [2.05, 4.69) is 10.1 Å². The van der Waals surface area contributed by atoms with Crippen LogP contribution in [-0.4, -0.2) is 12.7 Å². The Hall–Kier alpha value is -1.72. The van der Waals surface area contributed by atoms with E-state index in [4.69, 9.17) is 0 Å². The molecule has 1 aliphatic heterocycles. The zero-order chi connectivity index (χ0) is 12.5. The van der Waals surface area contributed by atoms with E-state index in [1.54, 1.807) is 6.07 Å². The maximum Gasteiger partial charge on any atom is 0.416 e. The molecule has 1 saturated heterocycles. The first-order valence-electron chi connectivity index (χ1n) is 5.07. The quantitative estimate of drug-likeness (QED) is 0.826. The summed E-state index contributed by atoms with van der Waals surface area (Å²) in [7, 11) is 0. The van der Waals surface area contributed by atoms with Crippen molar-refractivity contribution < 1.29 is 22.7 Å². The van der Waals surface area contributed by atoms with Crippen LogP contribution in [0.3, 0.4) is 0 Å². The number of hydrogen-bond donors (Lipinski definition) is 1. The van der Waals surface area contributed by atoms with Gasteiger partial charge >= 0.3 is 12.3 Å². The molecular weight excluding hydrogens is 235 g/mol. The van der Waals surface area contributed by atoms with Gasteiger partial charge in [-0.2, -0.15) is 13.2 Å². The molecule has 0 spiro atoms. The molecule has 0 aliphatic carbocycles. The molecule has 17 heavy (non-hydrogen) atoms. The lowest BCUT2D eigenvalue weighted by atomic mass is 10.0. The van der Waals surface area contributed by atoms with Crippen molar-refractivity contribution in [3.63, 3.8) is 0 Å². The molecule has 1 aromatic carbocycles. The van der Waals surface area contributed by atoms with Gasteiger partial charge in [0.15, 0.2) is 0 Å². The summed E-state index contributed by atoms with van der Waals surface area (Å²) in [6.07, 6.45) is -4.50. The Morgan fingerprint density at radius 1 is 1.35 bits per heavy atom. The molecule has 1 unspecified atom stereocenters. The lowest BCUT2D eigenvalue weighted by molar-refractivity contribution is -0.137. The van der Waals surface area contributed by atoms with Crippen molar-refractivity contribution in [2.45, 2.75) is 18.6 Å². The van der Waals surface area contributed by atoms with Crippen LogP contribution < -0.4 is 5.32 Å². The van der Waals surface area contributed by atoms with Crippen molar-refractivity contribution in [2.24, 2.45) is 0 Å². The Balaban J connectivity index is 2.24. The van der Waals surface area contributed by atoms with Crippen LogP contribution in [0.4, 0.5) is 18.0 Å². The molecule has 0 aromatic heterocycles. The van der Waals surface area contributed by atoms with Crippen molar-refractivity contribution in [1.29, 1.82) is 0 Å². The first-order valence-corrected chi connectivity index (χ1v) is 5.07. The van der Waals surface area contributed by atoms with E-state index in [-0.39, 0.29) is 6.61 Å². The highest BCUT2D eigenvalue weighted by molar-refractivity contribution is 5.68. The van der Waals surface area contributed by atoms with Gasteiger partial charge in [0.25, 0.3) is 0 Å². The van der Waals surface area contributed by atoms with Crippen LogP contribution in [0, 0.1) is 0 Å². The number of nitrogens with one attached hydrogen (secondary N) is 1. The fourth-order valence-corrected chi connectivity index (χ4v) is 1.71. The van der Waals surface area contributed by atoms with Crippen molar-refractivity contribution in [2.75, 3.05) is 6.61 Å². The van der Waals surface area contributed by atoms with Gasteiger partial charge in [0, 0.05) is 6.42 Å². The molecule has 2 rings (SSSR count). The van der Waals surface area contributed by atoms with E-state index < -0.39 is 23.9 Å². The van der Waals surface area contributed by atoms with Gasteiger partial charge in [-0.05, 0) is 17.7 Å². The minimum atomic E-state index is -4.37. The molecule has 1 amide bonds. The number of benzene rings is 1. The van der Waals surface area contributed by atoms with Crippen molar-refractivity contribution in [1.82, 2.24) is 5.32 Å². The number of hydrogen-bond acceptors (Lipinski definition) is 2. The monoisotopic (exact) mass is 245 g/mol. The summed E-state index contributed by atoms with van der Waals surface area (Å²) < 4.78 is 42.2. The van der Waals surface area contributed by atoms with E-state index in [1.807, 2.05) is 0 Å². The Bertz CT molecular complexity index is 431. The van der Waals surface area contributed by atoms with Crippen molar-refractivity contribution >= 4 is 6.09 Å². The summed E-state index contributed by atoms with van der Waals surface area (Å²) >= 11 is 0. The molecule has 1 aliphatic rings. The molecule has 1 N–H and O–H groups in total. The summed E-state index contributed by atoms with van der Waals surface area (Å²) in [5.74, 6) is 0. The molecule has 1 atom stereocenters. The van der Waals surface area contributed by atoms with Gasteiger partial charge in [-0.3, -0.25) is 0 Å². The predicted octanol–water partition coefficient (Wildman–Crippen LogP) is 2.88. The van der Waals surface area contributed by atoms with Crippen LogP contribution in [-0.2, 0) is 10.9 Å². The minimum Gasteiger partial charge on any atom is -0.449 e. The fraction of sp³-hybridized carbons (Fsp3) is 0.364. The number of amides is 1. The number of alkyl halides is 3. The Morgan fingerprint density at radius 2 is 2.12 bits per heavy atom. The van der Waals surface area contributed by atoms with Crippen LogP contribution in [0.25, 0.3) is 0 Å². The molecule has 0 saturated carbocycles. The number of carbonyl (C=O) groups excluding carboxylic acids is 1. The molecule has 1 aromatic rings. The van der Waals surface area contributed by atoms with Gasteiger partial charge in [0.05, 0.1) is 18.2 Å². The van der Waals surface area contributed by atoms with Crippen LogP contribution in [0.1, 0.15) is 23.6 Å². The number of halogens is 3. The van der Waals surface area contributed by atoms with E-state index in [9.17, 15) is 18.0 Å². The Morgan fingerprint density at radius 3 is 2.76 bits per heavy atom. The standard InChI is InChI=1S/C11H10F3NO2/c12-11(13,14)8-3-1-2-7(6-8)9-4-5-17-10(16)15-9/h1-3,6,9H,4-5H2,(H,15,16). The smallest absolute Gasteiger partial charge is 0.416 e. The second-order valence-corrected chi connectivity index (χ2v) is 3.74. The molecule has 6 heteroatoms. The largest absolute Gasteiger partial charge is 0.449 e. The highest BCUT2D eigenvalue weighted by atomic mass is 19.4. The van der Waals surface area contributed by atoms with Gasteiger partial charge < -0.3 is 10.1 Å². The zero-order valence-electron chi connectivity index (χ0n) is 8.75. The first-order chi connectivity index (χ1) is 7.97. The van der Waals surface area contributed by atoms with Gasteiger partial charge in [0.2, 0.25) is 0 Å². The number of rotatable bonds is 1. The molecule has 0 radical (unpaired) electrons. The maximum atomic E-state index is 12.5. The van der Waals surface area contributed by atoms with Gasteiger partial charge in [-0.1, -0.05) is 12.1 Å². The molecule has 1 heterocycles. The predicted molar refractivity (Wildman–Crippen MR) is 53.3 cm³/mol. The number of cyclic esters (lactones) is 1. The average Bonchev–Trinajstić information content (AvgIpc) is 2.28. The topological polar surface area (TPSA) is 38.3 Å². The number of carbonyl (C=O) groups is 1. The van der Waals surface area contributed by atoms with Crippen LogP contribution in [0.5, 0.6) is 0 Å². The highest BCUT2D eigenvalue weighted by Gasteiger charge is 2.31. The number of alkyl carbamates (subject to hydrolysis) is 1. The molecule has 0 bridgehead atoms. The normalized spacial score (nSPS) is 20.6. The molecular formula is C11H10F3NO2. The highest BCUT2D eigenvalue weighted by Crippen LogP contribution is 2.31. The van der Waals surface area contributed by atoms with E-state index in [0.29, 0.717) is 12.0 Å². The summed E-state index contributed by atoms with van der Waals surface area (Å²) in [5.41, 5.74) is -0.271. The Labute approximate surface area is 95.6 Å². The van der Waals surface area contributed by atoms with E-state index >= 15 is 0 Å². The zero-order valence-corrected chi connectivity index (χ0v) is 8.75. The van der Waals surface area contributed by atoms with Crippen LogP contribution in [0.15, 0.2) is 24.3 Å². The van der Waals surface area contributed by atoms with Gasteiger partial charge in [0.1, 0.15) is 0 Å². The third-order valence-corrected chi connectivity index (χ3v) is 2.55. The summed E-state index contributed by atoms with van der Waals surface area (Å²) in [5, 5.41) is 2.48. The maximum absolute atomic E-state index is 12.5. The van der Waals surface area contributed by atoms with Crippen LogP contribution in [0.2, 0.25) is 0 Å².